The summed E-state index contributed by atoms with van der Waals surface area (Å²) in [6, 6.07) is 29.7. The highest BCUT2D eigenvalue weighted by Crippen LogP contribution is 2.60. The van der Waals surface area contributed by atoms with Crippen molar-refractivity contribution in [2.75, 3.05) is 7.11 Å². The van der Waals surface area contributed by atoms with Crippen LogP contribution in [0.1, 0.15) is 45.2 Å². The molecule has 8 rings (SSSR count). The summed E-state index contributed by atoms with van der Waals surface area (Å²) in [6.45, 7) is 0.393. The Morgan fingerprint density at radius 3 is 1.85 bits per heavy atom. The minimum atomic E-state index is -0.455. The third-order valence-electron chi connectivity index (χ3n) is 8.24. The number of carbonyl (C=O) groups excluding carboxylic acids is 2. The fourth-order valence-electron chi connectivity index (χ4n) is 6.53. The molecule has 7 heteroatoms. The molecular formula is C33H25BrN2O4. The summed E-state index contributed by atoms with van der Waals surface area (Å²) in [5.74, 6) is -0.570. The van der Waals surface area contributed by atoms with E-state index in [1.807, 2.05) is 54.6 Å². The number of carbonyl (C=O) groups is 2. The number of benzene rings is 4. The van der Waals surface area contributed by atoms with Crippen molar-refractivity contribution >= 4 is 34.0 Å². The van der Waals surface area contributed by atoms with Gasteiger partial charge in [-0.25, -0.2) is 0 Å². The maximum atomic E-state index is 13.7. The van der Waals surface area contributed by atoms with Crippen molar-refractivity contribution < 1.29 is 19.1 Å². The maximum Gasteiger partial charge on any atom is 0.254 e. The Bertz CT molecular complexity index is 1570. The van der Waals surface area contributed by atoms with Crippen molar-refractivity contribution in [1.82, 2.24) is 5.01 Å². The van der Waals surface area contributed by atoms with Crippen molar-refractivity contribution in [2.24, 2.45) is 16.9 Å². The molecular weight excluding hydrogens is 568 g/mol. The van der Waals surface area contributed by atoms with Crippen LogP contribution in [0.4, 0.5) is 0 Å². The predicted octanol–water partition coefficient (Wildman–Crippen LogP) is 6.26. The van der Waals surface area contributed by atoms with E-state index in [0.29, 0.717) is 23.7 Å². The van der Waals surface area contributed by atoms with Crippen molar-refractivity contribution in [3.8, 4) is 11.5 Å². The third-order valence-corrected chi connectivity index (χ3v) is 8.77. The number of imide groups is 1. The lowest BCUT2D eigenvalue weighted by atomic mass is 9.55. The van der Waals surface area contributed by atoms with Gasteiger partial charge in [0.15, 0.2) is 11.5 Å². The first-order valence-electron chi connectivity index (χ1n) is 13.2. The molecule has 2 atom stereocenters. The lowest BCUT2D eigenvalue weighted by Crippen LogP contribution is -2.41. The van der Waals surface area contributed by atoms with E-state index < -0.39 is 11.8 Å². The number of hydrogen-bond acceptors (Lipinski definition) is 5. The molecule has 4 aromatic rings. The molecule has 1 saturated heterocycles. The van der Waals surface area contributed by atoms with E-state index in [1.54, 1.807) is 19.2 Å². The van der Waals surface area contributed by atoms with Gasteiger partial charge in [0.1, 0.15) is 6.61 Å². The molecule has 2 bridgehead atoms. The standard InChI is InChI=1S/C33H25BrN2O4/c1-39-27-16-20(12-15-26(27)40-18-19-10-13-21(34)14-11-19)17-35-36-32(37)30-28-22-6-2-3-7-23(22)29(31(30)33(36)38)25-9-5-4-8-24(25)28/h2-17,28-31H,18H2,1H3/b35-17-/t28?,29?,30-,31+. The van der Waals surface area contributed by atoms with Crippen LogP contribution in [0, 0.1) is 11.8 Å². The van der Waals surface area contributed by atoms with Gasteiger partial charge in [-0.1, -0.05) is 76.6 Å². The molecule has 0 radical (unpaired) electrons. The van der Waals surface area contributed by atoms with E-state index in [-0.39, 0.29) is 23.7 Å². The molecule has 0 spiro atoms. The monoisotopic (exact) mass is 592 g/mol. The van der Waals surface area contributed by atoms with E-state index in [0.717, 1.165) is 37.3 Å². The van der Waals surface area contributed by atoms with Crippen LogP contribution in [0.15, 0.2) is 101 Å². The summed E-state index contributed by atoms with van der Waals surface area (Å²) in [6.07, 6.45) is 1.54. The molecule has 1 heterocycles. The molecule has 40 heavy (non-hydrogen) atoms. The van der Waals surface area contributed by atoms with E-state index in [2.05, 4.69) is 45.3 Å². The molecule has 1 aliphatic heterocycles. The largest absolute Gasteiger partial charge is 0.493 e. The average Bonchev–Trinajstić information content (AvgIpc) is 3.25. The van der Waals surface area contributed by atoms with Crippen LogP contribution in [0.25, 0.3) is 0 Å². The molecule has 3 aliphatic carbocycles. The van der Waals surface area contributed by atoms with E-state index in [1.165, 1.54) is 6.21 Å². The van der Waals surface area contributed by atoms with Crippen LogP contribution in [0.2, 0.25) is 0 Å². The first kappa shape index (κ1) is 24.8. The summed E-state index contributed by atoms with van der Waals surface area (Å²) in [5.41, 5.74) is 6.29. The fourth-order valence-corrected chi connectivity index (χ4v) is 6.79. The number of hydrazone groups is 1. The van der Waals surface area contributed by atoms with Crippen LogP contribution in [0.5, 0.6) is 11.5 Å². The van der Waals surface area contributed by atoms with Gasteiger partial charge in [-0.15, -0.1) is 0 Å². The first-order valence-corrected chi connectivity index (χ1v) is 14.0. The van der Waals surface area contributed by atoms with Gasteiger partial charge in [0.25, 0.3) is 11.8 Å². The van der Waals surface area contributed by atoms with E-state index in [9.17, 15) is 9.59 Å². The summed E-state index contributed by atoms with van der Waals surface area (Å²) in [5, 5.41) is 5.50. The molecule has 4 aliphatic rings. The smallest absolute Gasteiger partial charge is 0.254 e. The van der Waals surface area contributed by atoms with Gasteiger partial charge in [-0.3, -0.25) is 9.59 Å². The molecule has 0 saturated carbocycles. The lowest BCUT2D eigenvalue weighted by Gasteiger charge is -2.45. The van der Waals surface area contributed by atoms with Crippen molar-refractivity contribution in [3.63, 3.8) is 0 Å². The van der Waals surface area contributed by atoms with Crippen molar-refractivity contribution in [2.45, 2.75) is 18.4 Å². The Balaban J connectivity index is 1.15. The first-order chi connectivity index (χ1) is 19.5. The van der Waals surface area contributed by atoms with Gasteiger partial charge in [0, 0.05) is 16.3 Å². The van der Waals surface area contributed by atoms with Gasteiger partial charge in [-0.2, -0.15) is 10.1 Å². The molecule has 198 valence electrons. The minimum absolute atomic E-state index is 0.152. The number of ether oxygens (including phenoxy) is 2. The molecule has 2 amide bonds. The highest BCUT2D eigenvalue weighted by atomic mass is 79.9. The second-order valence-electron chi connectivity index (χ2n) is 10.3. The maximum absolute atomic E-state index is 13.7. The van der Waals surface area contributed by atoms with Crippen LogP contribution in [-0.4, -0.2) is 30.1 Å². The second kappa shape index (κ2) is 9.75. The zero-order valence-corrected chi connectivity index (χ0v) is 23.2. The Hall–Kier alpha value is -4.23. The molecule has 0 N–H and O–H groups in total. The SMILES string of the molecule is COc1cc(/C=N\N2C(=O)[C@@H]3C4c5ccccc5C(c5ccccc54)[C@@H]3C2=O)ccc1OCc1ccc(Br)cc1. The van der Waals surface area contributed by atoms with Crippen LogP contribution in [0.3, 0.4) is 0 Å². The Morgan fingerprint density at radius 1 is 0.775 bits per heavy atom. The highest BCUT2D eigenvalue weighted by Gasteiger charge is 2.61. The lowest BCUT2D eigenvalue weighted by molar-refractivity contribution is -0.139. The summed E-state index contributed by atoms with van der Waals surface area (Å²) in [7, 11) is 1.58. The van der Waals surface area contributed by atoms with Gasteiger partial charge < -0.3 is 9.47 Å². The van der Waals surface area contributed by atoms with Crippen LogP contribution in [-0.2, 0) is 16.2 Å². The second-order valence-corrected chi connectivity index (χ2v) is 11.2. The normalized spacial score (nSPS) is 22.3. The Labute approximate surface area is 240 Å². The minimum Gasteiger partial charge on any atom is -0.493 e. The van der Waals surface area contributed by atoms with Crippen molar-refractivity contribution in [3.05, 3.63) is 129 Å². The molecule has 0 unspecified atom stereocenters. The molecule has 4 aromatic carbocycles. The number of halogens is 1. The van der Waals surface area contributed by atoms with Crippen LogP contribution < -0.4 is 9.47 Å². The zero-order chi connectivity index (χ0) is 27.4. The topological polar surface area (TPSA) is 68.2 Å². The molecule has 6 nitrogen and oxygen atoms in total. The van der Waals surface area contributed by atoms with Crippen molar-refractivity contribution in [1.29, 1.82) is 0 Å². The number of amides is 2. The summed E-state index contributed by atoms with van der Waals surface area (Å²) < 4.78 is 12.5. The van der Waals surface area contributed by atoms with Gasteiger partial charge >= 0.3 is 0 Å². The Kier molecular flexibility index (Phi) is 6.04. The quantitative estimate of drug-likeness (QED) is 0.196. The fraction of sp³-hybridized carbons (Fsp3) is 0.182. The summed E-state index contributed by atoms with van der Waals surface area (Å²) >= 11 is 3.44. The molecule has 1 fully saturated rings. The summed E-state index contributed by atoms with van der Waals surface area (Å²) in [4.78, 5) is 27.5. The average molecular weight is 593 g/mol. The number of rotatable bonds is 6. The van der Waals surface area contributed by atoms with E-state index >= 15 is 0 Å². The number of hydrogen-bond donors (Lipinski definition) is 0. The molecule has 0 aromatic heterocycles. The third kappa shape index (κ3) is 3.87. The van der Waals surface area contributed by atoms with E-state index in [4.69, 9.17) is 9.47 Å². The number of nitrogens with zero attached hydrogens (tertiary/aromatic N) is 2. The van der Waals surface area contributed by atoms with Crippen LogP contribution >= 0.6 is 15.9 Å². The predicted molar refractivity (Wildman–Crippen MR) is 154 cm³/mol. The van der Waals surface area contributed by atoms with Gasteiger partial charge in [-0.05, 0) is 63.7 Å². The van der Waals surface area contributed by atoms with Gasteiger partial charge in [0.05, 0.1) is 25.2 Å². The number of methoxy groups -OCH3 is 1. The highest BCUT2D eigenvalue weighted by molar-refractivity contribution is 9.10. The zero-order valence-electron chi connectivity index (χ0n) is 21.7. The Morgan fingerprint density at radius 2 is 1.32 bits per heavy atom. The van der Waals surface area contributed by atoms with Gasteiger partial charge in [0.2, 0.25) is 0 Å².